The van der Waals surface area contributed by atoms with Crippen LogP contribution >= 0.6 is 0 Å². The van der Waals surface area contributed by atoms with Crippen LogP contribution < -0.4 is 18.9 Å². The monoisotopic (exact) mass is 501 g/mol. The number of hydrogen-bond donors (Lipinski definition) is 1. The third-order valence-electron chi connectivity index (χ3n) is 5.53. The first kappa shape index (κ1) is 30.9. The van der Waals surface area contributed by atoms with Gasteiger partial charge in [0, 0.05) is 6.21 Å². The maximum absolute atomic E-state index is 13.8. The van der Waals surface area contributed by atoms with Crippen LogP contribution in [0.1, 0.15) is 54.7 Å². The van der Waals surface area contributed by atoms with E-state index in [1.807, 2.05) is 6.08 Å². The Balaban J connectivity index is 0.00000114. The van der Waals surface area contributed by atoms with E-state index in [9.17, 15) is 23.1 Å². The summed E-state index contributed by atoms with van der Waals surface area (Å²) in [6.07, 6.45) is 5.51. The number of allylic oxidation sites excluding steroid dienone is 3. The van der Waals surface area contributed by atoms with Gasteiger partial charge in [0.1, 0.15) is 0 Å². The zero-order valence-corrected chi connectivity index (χ0v) is 20.6. The predicted molar refractivity (Wildman–Crippen MR) is 127 cm³/mol. The maximum atomic E-state index is 13.8. The largest absolute Gasteiger partial charge is 1.00 e. The minimum absolute atomic E-state index is 0. The Bertz CT molecular complexity index is 1090. The van der Waals surface area contributed by atoms with Gasteiger partial charge in [-0.2, -0.15) is 26.0 Å². The van der Waals surface area contributed by atoms with Crippen molar-refractivity contribution in [2.24, 2.45) is 4.99 Å². The van der Waals surface area contributed by atoms with Crippen molar-refractivity contribution >= 4 is 28.5 Å². The topological polar surface area (TPSA) is 83.8 Å². The standard InChI is InChI=1S/C24H24F3NO2.CH3O2S.Li/c1-3-15(4-2)16-9-10-21(24(25,26)27)19(11-16)17-7-5-6-8-22-20(12-17)18(14-28-22)13-23(29)30;1-4(2)3;/h5,7,9-12,14-15,22H,1-4,6,8,13H2,(H,29,30);1H3;/q-2;-1;+1/b7-5-,17-12+;;. The van der Waals surface area contributed by atoms with Crippen LogP contribution in [0.2, 0.25) is 0 Å². The summed E-state index contributed by atoms with van der Waals surface area (Å²) in [7, 11) is -1.86. The number of nitrogens with zero attached hydrogens (tertiary/aromatic N) is 1. The molecule has 1 atom stereocenters. The summed E-state index contributed by atoms with van der Waals surface area (Å²) < 4.78 is 59.4. The molecule has 186 valence electrons. The van der Waals surface area contributed by atoms with Crippen LogP contribution in [0, 0.1) is 13.8 Å². The Kier molecular flexibility index (Phi) is 12.3. The van der Waals surface area contributed by atoms with Gasteiger partial charge in [-0.15, -0.1) is 0 Å². The number of fused-ring (bicyclic) bond motifs is 1. The fourth-order valence-corrected chi connectivity index (χ4v) is 3.91. The van der Waals surface area contributed by atoms with E-state index in [4.69, 9.17) is 8.42 Å². The summed E-state index contributed by atoms with van der Waals surface area (Å²) in [6.45, 7) is 7.77. The summed E-state index contributed by atoms with van der Waals surface area (Å²) in [5.74, 6) is -1.03. The van der Waals surface area contributed by atoms with E-state index in [0.29, 0.717) is 42.4 Å². The molecule has 0 radical (unpaired) electrons. The average molecular weight is 501 g/mol. The van der Waals surface area contributed by atoms with Gasteiger partial charge in [0.05, 0.1) is 18.0 Å². The van der Waals surface area contributed by atoms with Crippen LogP contribution in [-0.4, -0.2) is 29.6 Å². The third-order valence-corrected chi connectivity index (χ3v) is 5.53. The molecule has 3 rings (SSSR count). The number of benzene rings is 1. The average Bonchev–Trinajstić information content (AvgIpc) is 3.07. The van der Waals surface area contributed by atoms with E-state index in [-0.39, 0.29) is 42.8 Å². The van der Waals surface area contributed by atoms with Gasteiger partial charge in [0.15, 0.2) is 0 Å². The molecule has 2 aliphatic rings. The summed E-state index contributed by atoms with van der Waals surface area (Å²) >= 11 is 0. The molecule has 35 heavy (non-hydrogen) atoms. The zero-order chi connectivity index (χ0) is 25.5. The fraction of sp³-hybridized carbons (Fsp3) is 0.360. The molecule has 0 spiro atoms. The van der Waals surface area contributed by atoms with Gasteiger partial charge in [-0.3, -0.25) is 9.79 Å². The maximum Gasteiger partial charge on any atom is 1.00 e. The molecule has 1 aromatic rings. The minimum Gasteiger partial charge on any atom is -0.481 e. The molecule has 1 unspecified atom stereocenters. The molecule has 0 amide bonds. The summed E-state index contributed by atoms with van der Waals surface area (Å²) in [6, 6.07) is 3.95. The smallest absolute Gasteiger partial charge is 0.481 e. The number of hydrogen-bond acceptors (Lipinski definition) is 5. The second-order valence-corrected chi connectivity index (χ2v) is 8.71. The molecule has 1 aliphatic heterocycles. The van der Waals surface area contributed by atoms with E-state index < -0.39 is 28.4 Å². The Morgan fingerprint density at radius 2 is 1.89 bits per heavy atom. The normalized spacial score (nSPS) is 19.7. The molecule has 0 saturated heterocycles. The quantitative estimate of drug-likeness (QED) is 0.369. The number of halogens is 3. The van der Waals surface area contributed by atoms with Crippen molar-refractivity contribution < 1.29 is 50.4 Å². The van der Waals surface area contributed by atoms with Crippen molar-refractivity contribution in [2.75, 3.05) is 6.26 Å². The van der Waals surface area contributed by atoms with Crippen molar-refractivity contribution in [3.63, 3.8) is 0 Å². The van der Waals surface area contributed by atoms with Crippen molar-refractivity contribution in [2.45, 2.75) is 50.2 Å². The van der Waals surface area contributed by atoms with Gasteiger partial charge in [0.25, 0.3) is 0 Å². The predicted octanol–water partition coefficient (Wildman–Crippen LogP) is 3.12. The Labute approximate surface area is 218 Å². The summed E-state index contributed by atoms with van der Waals surface area (Å²) in [4.78, 5) is 15.6. The van der Waals surface area contributed by atoms with E-state index in [1.165, 1.54) is 12.3 Å². The van der Waals surface area contributed by atoms with Gasteiger partial charge >= 0.3 is 31.0 Å². The number of carboxylic acids is 1. The van der Waals surface area contributed by atoms with Crippen LogP contribution in [0.4, 0.5) is 13.2 Å². The van der Waals surface area contributed by atoms with E-state index in [1.54, 1.807) is 18.2 Å². The molecular weight excluding hydrogens is 474 g/mol. The van der Waals surface area contributed by atoms with Crippen molar-refractivity contribution in [3.8, 4) is 0 Å². The summed E-state index contributed by atoms with van der Waals surface area (Å²) in [5, 5.41) is 9.18. The first-order valence-electron chi connectivity index (χ1n) is 10.6. The molecular formula is C25H27F3LiNO4S-2. The van der Waals surface area contributed by atoms with Gasteiger partial charge in [-0.1, -0.05) is 47.2 Å². The number of carboxylic acid groups (broad SMARTS) is 1. The molecule has 0 aromatic heterocycles. The molecule has 1 heterocycles. The molecule has 0 bridgehead atoms. The SMILES string of the molecule is C[S-](=O)=O.[CH2-]CC(C[CH2-])c1ccc(C(F)(F)F)c(C2=C/C3=C(CC(=O)O)C=NC3CC/C=C\2)c1.[Li+]. The van der Waals surface area contributed by atoms with E-state index in [0.717, 1.165) is 17.9 Å². The fourth-order valence-electron chi connectivity index (χ4n) is 3.91. The first-order valence-corrected chi connectivity index (χ1v) is 12.1. The van der Waals surface area contributed by atoms with Crippen LogP contribution in [0.15, 0.2) is 52.6 Å². The Morgan fingerprint density at radius 1 is 1.26 bits per heavy atom. The molecule has 1 aliphatic carbocycles. The number of carbonyl (C=O) groups is 1. The van der Waals surface area contributed by atoms with Gasteiger partial charge < -0.3 is 27.4 Å². The molecule has 0 fully saturated rings. The molecule has 1 aromatic carbocycles. The number of rotatable bonds is 6. The van der Waals surface area contributed by atoms with Crippen molar-refractivity contribution in [1.82, 2.24) is 0 Å². The second kappa shape index (κ2) is 13.9. The first-order chi connectivity index (χ1) is 16.0. The Morgan fingerprint density at radius 3 is 2.43 bits per heavy atom. The molecule has 5 nitrogen and oxygen atoms in total. The Hall–Kier alpha value is -2.08. The van der Waals surface area contributed by atoms with Gasteiger partial charge in [-0.25, -0.2) is 0 Å². The molecule has 1 N–H and O–H groups in total. The number of aliphatic imine (C=N–C) groups is 1. The van der Waals surface area contributed by atoms with Crippen LogP contribution in [0.5, 0.6) is 0 Å². The van der Waals surface area contributed by atoms with Crippen LogP contribution in [-0.2, 0) is 30.1 Å². The van der Waals surface area contributed by atoms with E-state index in [2.05, 4.69) is 18.8 Å². The van der Waals surface area contributed by atoms with Gasteiger partial charge in [-0.05, 0) is 52.8 Å². The van der Waals surface area contributed by atoms with Crippen molar-refractivity contribution in [3.05, 3.63) is 78.1 Å². The number of aliphatic carboxylic acids is 1. The number of alkyl halides is 3. The third kappa shape index (κ3) is 8.82. The molecule has 0 saturated carbocycles. The minimum atomic E-state index is -4.51. The molecule has 10 heteroatoms. The van der Waals surface area contributed by atoms with Crippen molar-refractivity contribution in [1.29, 1.82) is 0 Å². The van der Waals surface area contributed by atoms with Gasteiger partial charge in [0.2, 0.25) is 0 Å². The van der Waals surface area contributed by atoms with Crippen LogP contribution in [0.25, 0.3) is 5.57 Å². The second-order valence-electron chi connectivity index (χ2n) is 7.90. The van der Waals surface area contributed by atoms with E-state index >= 15 is 0 Å². The van der Waals surface area contributed by atoms with Crippen LogP contribution in [0.3, 0.4) is 0 Å². The zero-order valence-electron chi connectivity index (χ0n) is 19.8. The summed E-state index contributed by atoms with van der Waals surface area (Å²) in [5.41, 5.74) is 1.75.